The van der Waals surface area contributed by atoms with E-state index in [0.717, 1.165) is 35.6 Å². The van der Waals surface area contributed by atoms with Crippen molar-refractivity contribution in [1.29, 1.82) is 0 Å². The summed E-state index contributed by atoms with van der Waals surface area (Å²) >= 11 is 0. The van der Waals surface area contributed by atoms with Crippen molar-refractivity contribution >= 4 is 15.7 Å². The lowest BCUT2D eigenvalue weighted by Crippen LogP contribution is -2.50. The Hall–Kier alpha value is -2.52. The largest absolute Gasteiger partial charge is 0.312 e. The van der Waals surface area contributed by atoms with Gasteiger partial charge in [-0.05, 0) is 25.8 Å². The first-order chi connectivity index (χ1) is 12.5. The summed E-state index contributed by atoms with van der Waals surface area (Å²) in [4.78, 5) is 24.2. The number of carbonyl (C=O) groups is 1. The number of hydrogen-bond acceptors (Lipinski definition) is 5. The molecule has 1 heterocycles. The Bertz CT molecular complexity index is 1020. The van der Waals surface area contributed by atoms with Gasteiger partial charge in [0.25, 0.3) is 11.5 Å². The van der Waals surface area contributed by atoms with Crippen LogP contribution in [0.4, 0.5) is 4.39 Å². The van der Waals surface area contributed by atoms with Crippen molar-refractivity contribution in [2.75, 3.05) is 6.26 Å². The van der Waals surface area contributed by atoms with Gasteiger partial charge in [0, 0.05) is 30.6 Å². The minimum Gasteiger partial charge on any atom is -0.312 e. The summed E-state index contributed by atoms with van der Waals surface area (Å²) in [6, 6.07) is 8.12. The molecule has 0 radical (unpaired) electrons. The molecule has 0 aliphatic rings. The topological polar surface area (TPSA) is 105 Å². The molecule has 0 fully saturated rings. The zero-order valence-corrected chi connectivity index (χ0v) is 16.0. The van der Waals surface area contributed by atoms with Crippen LogP contribution in [0.3, 0.4) is 0 Å². The zero-order valence-electron chi connectivity index (χ0n) is 15.2. The number of rotatable bonds is 6. The molecule has 1 aromatic heterocycles. The van der Waals surface area contributed by atoms with Gasteiger partial charge in [-0.15, -0.1) is 0 Å². The van der Waals surface area contributed by atoms with Crippen molar-refractivity contribution in [3.8, 4) is 11.1 Å². The van der Waals surface area contributed by atoms with Crippen LogP contribution in [0.1, 0.15) is 18.9 Å². The van der Waals surface area contributed by atoms with E-state index in [9.17, 15) is 22.4 Å². The van der Waals surface area contributed by atoms with Gasteiger partial charge in [-0.25, -0.2) is 18.3 Å². The van der Waals surface area contributed by atoms with E-state index in [2.05, 4.69) is 0 Å². The van der Waals surface area contributed by atoms with Gasteiger partial charge >= 0.3 is 0 Å². The maximum Gasteiger partial charge on any atom is 0.264 e. The Morgan fingerprint density at radius 2 is 1.89 bits per heavy atom. The second kappa shape index (κ2) is 7.61. The van der Waals surface area contributed by atoms with Gasteiger partial charge in [-0.3, -0.25) is 14.8 Å². The van der Waals surface area contributed by atoms with Crippen LogP contribution >= 0.6 is 0 Å². The van der Waals surface area contributed by atoms with E-state index in [1.165, 1.54) is 5.48 Å². The third-order valence-electron chi connectivity index (χ3n) is 4.67. The number of benzene rings is 1. The van der Waals surface area contributed by atoms with Crippen molar-refractivity contribution in [2.45, 2.75) is 31.6 Å². The summed E-state index contributed by atoms with van der Waals surface area (Å²) in [5.41, 5.74) is 2.47. The highest BCUT2D eigenvalue weighted by Gasteiger charge is 2.43. The fraction of sp³-hybridized carbons (Fsp3) is 0.333. The first-order valence-corrected chi connectivity index (χ1v) is 10.00. The van der Waals surface area contributed by atoms with Crippen LogP contribution in [0.25, 0.3) is 11.1 Å². The smallest absolute Gasteiger partial charge is 0.264 e. The lowest BCUT2D eigenvalue weighted by molar-refractivity contribution is -0.131. The zero-order chi connectivity index (χ0) is 20.4. The van der Waals surface area contributed by atoms with Gasteiger partial charge in [0.2, 0.25) is 0 Å². The maximum atomic E-state index is 14.5. The molecule has 1 unspecified atom stereocenters. The van der Waals surface area contributed by atoms with Crippen molar-refractivity contribution in [2.24, 2.45) is 0 Å². The Morgan fingerprint density at radius 3 is 2.41 bits per heavy atom. The molecule has 0 saturated heterocycles. The molecular weight excluding hydrogens is 375 g/mol. The van der Waals surface area contributed by atoms with Crippen molar-refractivity contribution < 1.29 is 22.8 Å². The highest BCUT2D eigenvalue weighted by Crippen LogP contribution is 2.24. The fourth-order valence-electron chi connectivity index (χ4n) is 2.59. The van der Waals surface area contributed by atoms with Gasteiger partial charge in [-0.1, -0.05) is 29.8 Å². The number of pyridine rings is 1. The average molecular weight is 396 g/mol. The molecule has 0 aliphatic heterocycles. The van der Waals surface area contributed by atoms with Crippen LogP contribution in [-0.2, 0) is 21.2 Å². The first-order valence-electron chi connectivity index (χ1n) is 8.11. The average Bonchev–Trinajstić information content (AvgIpc) is 2.60. The van der Waals surface area contributed by atoms with E-state index in [1.54, 1.807) is 24.3 Å². The molecule has 2 N–H and O–H groups in total. The van der Waals surface area contributed by atoms with Crippen LogP contribution in [0, 0.1) is 12.7 Å². The van der Waals surface area contributed by atoms with Gasteiger partial charge in [-0.2, -0.15) is 0 Å². The minimum absolute atomic E-state index is 0.134. The van der Waals surface area contributed by atoms with Gasteiger partial charge in [0.15, 0.2) is 14.6 Å². The third kappa shape index (κ3) is 4.25. The predicted octanol–water partition coefficient (Wildman–Crippen LogP) is 1.66. The fourth-order valence-corrected chi connectivity index (χ4v) is 3.44. The molecule has 7 nitrogen and oxygen atoms in total. The lowest BCUT2D eigenvalue weighted by Gasteiger charge is -2.25. The maximum absolute atomic E-state index is 14.5. The Balaban J connectivity index is 2.35. The van der Waals surface area contributed by atoms with E-state index < -0.39 is 31.9 Å². The highest BCUT2D eigenvalue weighted by atomic mass is 32.2. The molecule has 1 atom stereocenters. The molecule has 9 heteroatoms. The first kappa shape index (κ1) is 20.8. The number of halogens is 1. The monoisotopic (exact) mass is 396 g/mol. The van der Waals surface area contributed by atoms with Crippen molar-refractivity contribution in [3.05, 3.63) is 58.3 Å². The summed E-state index contributed by atoms with van der Waals surface area (Å²) in [6.07, 6.45) is 1.52. The van der Waals surface area contributed by atoms with Gasteiger partial charge in [0.05, 0.1) is 0 Å². The number of aryl methyl sites for hydroxylation is 2. The molecule has 0 spiro atoms. The number of sulfone groups is 1. The van der Waals surface area contributed by atoms with Crippen LogP contribution < -0.4 is 11.0 Å². The second-order valence-electron chi connectivity index (χ2n) is 6.63. The SMILES string of the molecule is Cc1ccc(-c2cc(=O)n(CCC(C)(C(=O)NO)S(C)(=O)=O)cc2F)cc1. The van der Waals surface area contributed by atoms with Gasteiger partial charge < -0.3 is 4.57 Å². The standard InChI is InChI=1S/C18H21FN2O5S/c1-12-4-6-13(7-5-12)14-10-16(22)21(11-15(14)19)9-8-18(2,17(23)20-24)27(3,25)26/h4-7,10-11,24H,8-9H2,1-3H3,(H,20,23). The van der Waals surface area contributed by atoms with Gasteiger partial charge in [0.1, 0.15) is 5.82 Å². The van der Waals surface area contributed by atoms with Crippen LogP contribution in [0.15, 0.2) is 41.3 Å². The molecule has 0 bridgehead atoms. The number of hydrogen-bond donors (Lipinski definition) is 2. The number of nitrogens with one attached hydrogen (secondary N) is 1. The predicted molar refractivity (Wildman–Crippen MR) is 98.6 cm³/mol. The molecule has 2 rings (SSSR count). The summed E-state index contributed by atoms with van der Waals surface area (Å²) in [5, 5.41) is 8.82. The third-order valence-corrected chi connectivity index (χ3v) is 6.70. The van der Waals surface area contributed by atoms with Crippen LogP contribution in [0.2, 0.25) is 0 Å². The summed E-state index contributed by atoms with van der Waals surface area (Å²) in [6.45, 7) is 2.80. The molecule has 0 saturated carbocycles. The Kier molecular flexibility index (Phi) is 5.86. The van der Waals surface area contributed by atoms with E-state index in [4.69, 9.17) is 5.21 Å². The number of nitrogens with zero attached hydrogens (tertiary/aromatic N) is 1. The van der Waals surface area contributed by atoms with Crippen LogP contribution in [0.5, 0.6) is 0 Å². The Morgan fingerprint density at radius 1 is 1.30 bits per heavy atom. The minimum atomic E-state index is -3.91. The van der Waals surface area contributed by atoms with E-state index in [0.29, 0.717) is 5.56 Å². The summed E-state index contributed by atoms with van der Waals surface area (Å²) in [5.74, 6) is -1.76. The number of carbonyl (C=O) groups excluding carboxylic acids is 1. The van der Waals surface area contributed by atoms with E-state index in [1.807, 2.05) is 6.92 Å². The quantitative estimate of drug-likeness (QED) is 0.571. The molecule has 1 aromatic carbocycles. The number of aromatic nitrogens is 1. The molecule has 146 valence electrons. The molecule has 1 amide bonds. The summed E-state index contributed by atoms with van der Waals surface area (Å²) < 4.78 is 37.5. The van der Waals surface area contributed by atoms with Crippen molar-refractivity contribution in [1.82, 2.24) is 10.0 Å². The lowest BCUT2D eigenvalue weighted by atomic mass is 10.0. The number of amides is 1. The van der Waals surface area contributed by atoms with Crippen molar-refractivity contribution in [3.63, 3.8) is 0 Å². The second-order valence-corrected chi connectivity index (χ2v) is 9.07. The molecular formula is C18H21FN2O5S. The molecule has 27 heavy (non-hydrogen) atoms. The Labute approximate surface area is 156 Å². The van der Waals surface area contributed by atoms with Crippen LogP contribution in [-0.4, -0.2) is 35.1 Å². The molecule has 2 aromatic rings. The normalized spacial score (nSPS) is 13.8. The number of hydroxylamine groups is 1. The summed E-state index contributed by atoms with van der Waals surface area (Å²) in [7, 11) is -3.91. The van der Waals surface area contributed by atoms with E-state index >= 15 is 0 Å². The molecule has 0 aliphatic carbocycles. The highest BCUT2D eigenvalue weighted by molar-refractivity contribution is 7.92. The van der Waals surface area contributed by atoms with E-state index in [-0.39, 0.29) is 18.5 Å².